The third-order valence-electron chi connectivity index (χ3n) is 4.36. The van der Waals surface area contributed by atoms with Gasteiger partial charge < -0.3 is 4.74 Å². The fourth-order valence-electron chi connectivity index (χ4n) is 3.02. The molecule has 1 aromatic heterocycles. The number of esters is 1. The van der Waals surface area contributed by atoms with Gasteiger partial charge in [-0.05, 0) is 31.2 Å². The third kappa shape index (κ3) is 2.43. The summed E-state index contributed by atoms with van der Waals surface area (Å²) in [6.07, 6.45) is 1.60. The van der Waals surface area contributed by atoms with Crippen LogP contribution in [0.15, 0.2) is 60.8 Å². The van der Waals surface area contributed by atoms with Gasteiger partial charge in [0.05, 0.1) is 11.1 Å². The number of ether oxygens (including phenoxy) is 1. The lowest BCUT2D eigenvalue weighted by Crippen LogP contribution is -2.44. The van der Waals surface area contributed by atoms with Crippen molar-refractivity contribution >= 4 is 28.7 Å². The molecule has 0 radical (unpaired) electrons. The van der Waals surface area contributed by atoms with Gasteiger partial charge >= 0.3 is 5.97 Å². The quantitative estimate of drug-likeness (QED) is 0.414. The zero-order valence-corrected chi connectivity index (χ0v) is 13.9. The SMILES string of the molecule is CC(C(=O)Oc1cccc2cccnc12)N1C(=O)c2ccccc2C1=O. The molecule has 2 aromatic carbocycles. The molecule has 0 aliphatic carbocycles. The molecule has 6 nitrogen and oxygen atoms in total. The van der Waals surface area contributed by atoms with Gasteiger partial charge in [-0.15, -0.1) is 0 Å². The fourth-order valence-corrected chi connectivity index (χ4v) is 3.02. The van der Waals surface area contributed by atoms with Gasteiger partial charge in [0.15, 0.2) is 5.75 Å². The Balaban J connectivity index is 1.61. The summed E-state index contributed by atoms with van der Waals surface area (Å²) in [6.45, 7) is 1.47. The molecule has 0 N–H and O–H groups in total. The lowest BCUT2D eigenvalue weighted by Gasteiger charge is -2.21. The van der Waals surface area contributed by atoms with E-state index in [0.29, 0.717) is 16.6 Å². The van der Waals surface area contributed by atoms with Gasteiger partial charge in [0.25, 0.3) is 11.8 Å². The largest absolute Gasteiger partial charge is 0.423 e. The predicted octanol–water partition coefficient (Wildman–Crippen LogP) is 2.82. The van der Waals surface area contributed by atoms with Crippen LogP contribution in [-0.2, 0) is 4.79 Å². The van der Waals surface area contributed by atoms with Crippen molar-refractivity contribution < 1.29 is 19.1 Å². The van der Waals surface area contributed by atoms with Crippen LogP contribution in [0.5, 0.6) is 5.75 Å². The van der Waals surface area contributed by atoms with Crippen LogP contribution in [0.2, 0.25) is 0 Å². The fraction of sp³-hybridized carbons (Fsp3) is 0.100. The second-order valence-corrected chi connectivity index (χ2v) is 5.95. The second-order valence-electron chi connectivity index (χ2n) is 5.95. The highest BCUT2D eigenvalue weighted by Crippen LogP contribution is 2.27. The maximum atomic E-state index is 12.6. The zero-order valence-electron chi connectivity index (χ0n) is 13.9. The van der Waals surface area contributed by atoms with Crippen LogP contribution in [0.4, 0.5) is 0 Å². The van der Waals surface area contributed by atoms with Crippen LogP contribution in [0, 0.1) is 0 Å². The molecule has 0 fully saturated rings. The molecule has 128 valence electrons. The Labute approximate surface area is 149 Å². The lowest BCUT2D eigenvalue weighted by atomic mass is 10.1. The van der Waals surface area contributed by atoms with Crippen LogP contribution in [0.1, 0.15) is 27.6 Å². The molecule has 1 unspecified atom stereocenters. The number of hydrogen-bond donors (Lipinski definition) is 0. The van der Waals surface area contributed by atoms with Crippen molar-refractivity contribution in [2.45, 2.75) is 13.0 Å². The van der Waals surface area contributed by atoms with E-state index in [-0.39, 0.29) is 5.75 Å². The van der Waals surface area contributed by atoms with Crippen LogP contribution in [0.3, 0.4) is 0 Å². The summed E-state index contributed by atoms with van der Waals surface area (Å²) in [5.74, 6) is -1.40. The first-order valence-corrected chi connectivity index (χ1v) is 8.10. The Morgan fingerprint density at radius 1 is 0.962 bits per heavy atom. The van der Waals surface area contributed by atoms with Gasteiger partial charge in [-0.25, -0.2) is 4.79 Å². The summed E-state index contributed by atoms with van der Waals surface area (Å²) >= 11 is 0. The van der Waals surface area contributed by atoms with E-state index in [2.05, 4.69) is 4.98 Å². The zero-order chi connectivity index (χ0) is 18.3. The second kappa shape index (κ2) is 6.07. The standard InChI is InChI=1S/C20H14N2O4/c1-12(22-18(23)14-8-2-3-9-15(14)19(22)24)20(25)26-16-10-4-6-13-7-5-11-21-17(13)16/h2-12H,1H3. The van der Waals surface area contributed by atoms with Crippen molar-refractivity contribution in [3.8, 4) is 5.75 Å². The molecule has 26 heavy (non-hydrogen) atoms. The van der Waals surface area contributed by atoms with Crippen molar-refractivity contribution in [3.05, 3.63) is 71.9 Å². The molecule has 1 atom stereocenters. The average molecular weight is 346 g/mol. The molecule has 6 heteroatoms. The number of hydrogen-bond acceptors (Lipinski definition) is 5. The average Bonchev–Trinajstić information content (AvgIpc) is 2.92. The van der Waals surface area contributed by atoms with Crippen LogP contribution in [-0.4, -0.2) is 33.7 Å². The van der Waals surface area contributed by atoms with Gasteiger partial charge in [0.1, 0.15) is 11.6 Å². The summed E-state index contributed by atoms with van der Waals surface area (Å²) in [5, 5.41) is 0.825. The number of fused-ring (bicyclic) bond motifs is 2. The number of imide groups is 1. The maximum absolute atomic E-state index is 12.6. The van der Waals surface area contributed by atoms with Gasteiger partial charge in [-0.2, -0.15) is 0 Å². The first-order chi connectivity index (χ1) is 12.6. The molecule has 1 aliphatic rings. The molecule has 0 saturated carbocycles. The van der Waals surface area contributed by atoms with E-state index in [1.807, 2.05) is 12.1 Å². The highest BCUT2D eigenvalue weighted by Gasteiger charge is 2.41. The number of nitrogens with zero attached hydrogens (tertiary/aromatic N) is 2. The molecule has 0 bridgehead atoms. The maximum Gasteiger partial charge on any atom is 0.334 e. The van der Waals surface area contributed by atoms with E-state index >= 15 is 0 Å². The topological polar surface area (TPSA) is 76.6 Å². The number of rotatable bonds is 3. The van der Waals surface area contributed by atoms with E-state index in [1.54, 1.807) is 48.7 Å². The normalized spacial score (nSPS) is 14.4. The Morgan fingerprint density at radius 3 is 2.31 bits per heavy atom. The lowest BCUT2D eigenvalue weighted by molar-refractivity contribution is -0.138. The highest BCUT2D eigenvalue weighted by atomic mass is 16.5. The number of amides is 2. The van der Waals surface area contributed by atoms with E-state index < -0.39 is 23.8 Å². The van der Waals surface area contributed by atoms with Crippen molar-refractivity contribution in [2.75, 3.05) is 0 Å². The monoisotopic (exact) mass is 346 g/mol. The number of benzene rings is 2. The Morgan fingerprint density at radius 2 is 1.62 bits per heavy atom. The minimum atomic E-state index is -1.05. The first-order valence-electron chi connectivity index (χ1n) is 8.10. The first kappa shape index (κ1) is 16.0. The number of aromatic nitrogens is 1. The molecule has 3 aromatic rings. The Hall–Kier alpha value is -3.54. The Bertz CT molecular complexity index is 1020. The molecule has 4 rings (SSSR count). The summed E-state index contributed by atoms with van der Waals surface area (Å²) in [6, 6.07) is 14.3. The highest BCUT2D eigenvalue weighted by molar-refractivity contribution is 6.22. The molecule has 2 amide bonds. The van der Waals surface area contributed by atoms with Crippen molar-refractivity contribution in [1.82, 2.24) is 9.88 Å². The molecule has 2 heterocycles. The number of carbonyl (C=O) groups excluding carboxylic acids is 3. The van der Waals surface area contributed by atoms with Gasteiger partial charge in [0, 0.05) is 11.6 Å². The summed E-state index contributed by atoms with van der Waals surface area (Å²) in [4.78, 5) is 42.8. The van der Waals surface area contributed by atoms with Crippen molar-refractivity contribution in [2.24, 2.45) is 0 Å². The smallest absolute Gasteiger partial charge is 0.334 e. The molecular weight excluding hydrogens is 332 g/mol. The minimum absolute atomic E-state index is 0.288. The van der Waals surface area contributed by atoms with Crippen molar-refractivity contribution in [3.63, 3.8) is 0 Å². The Kier molecular flexibility index (Phi) is 3.73. The van der Waals surface area contributed by atoms with Crippen LogP contribution in [0.25, 0.3) is 10.9 Å². The summed E-state index contributed by atoms with van der Waals surface area (Å²) < 4.78 is 5.45. The number of carbonyl (C=O) groups is 3. The number of para-hydroxylation sites is 1. The van der Waals surface area contributed by atoms with E-state index in [4.69, 9.17) is 4.74 Å². The van der Waals surface area contributed by atoms with Gasteiger partial charge in [-0.1, -0.05) is 30.3 Å². The molecular formula is C20H14N2O4. The third-order valence-corrected chi connectivity index (χ3v) is 4.36. The molecule has 1 aliphatic heterocycles. The van der Waals surface area contributed by atoms with E-state index in [0.717, 1.165) is 10.3 Å². The number of pyridine rings is 1. The minimum Gasteiger partial charge on any atom is -0.423 e. The van der Waals surface area contributed by atoms with E-state index in [9.17, 15) is 14.4 Å². The van der Waals surface area contributed by atoms with Crippen molar-refractivity contribution in [1.29, 1.82) is 0 Å². The predicted molar refractivity (Wildman–Crippen MR) is 93.8 cm³/mol. The summed E-state index contributed by atoms with van der Waals surface area (Å²) in [5.41, 5.74) is 1.13. The van der Waals surface area contributed by atoms with Crippen LogP contribution >= 0.6 is 0 Å². The molecule has 0 spiro atoms. The van der Waals surface area contributed by atoms with Gasteiger partial charge in [-0.3, -0.25) is 19.5 Å². The van der Waals surface area contributed by atoms with Crippen LogP contribution < -0.4 is 4.74 Å². The summed E-state index contributed by atoms with van der Waals surface area (Å²) in [7, 11) is 0. The van der Waals surface area contributed by atoms with E-state index in [1.165, 1.54) is 6.92 Å². The molecule has 0 saturated heterocycles. The van der Waals surface area contributed by atoms with Gasteiger partial charge in [0.2, 0.25) is 0 Å².